The first-order chi connectivity index (χ1) is 13.1. The van der Waals surface area contributed by atoms with E-state index in [-0.39, 0.29) is 30.5 Å². The molecule has 0 aliphatic heterocycles. The van der Waals surface area contributed by atoms with Gasteiger partial charge in [0.2, 0.25) is 5.91 Å². The summed E-state index contributed by atoms with van der Waals surface area (Å²) in [6.07, 6.45) is 1.08. The van der Waals surface area contributed by atoms with Gasteiger partial charge in [-0.1, -0.05) is 54.6 Å². The minimum Gasteiger partial charge on any atom is -0.336 e. The summed E-state index contributed by atoms with van der Waals surface area (Å²) < 4.78 is 1.28. The third-order valence-electron chi connectivity index (χ3n) is 4.81. The lowest BCUT2D eigenvalue weighted by molar-refractivity contribution is -0.134. The maximum absolute atomic E-state index is 12.9. The van der Waals surface area contributed by atoms with Gasteiger partial charge < -0.3 is 4.90 Å². The van der Waals surface area contributed by atoms with Gasteiger partial charge >= 0.3 is 0 Å². The Morgan fingerprint density at radius 1 is 1.11 bits per heavy atom. The highest BCUT2D eigenvalue weighted by atomic mass is 16.2. The number of fused-ring (bicyclic) bond motifs is 1. The molecule has 3 rings (SSSR count). The van der Waals surface area contributed by atoms with Gasteiger partial charge in [-0.25, -0.2) is 4.68 Å². The van der Waals surface area contributed by atoms with E-state index in [0.29, 0.717) is 17.4 Å². The Bertz CT molecular complexity index is 969. The van der Waals surface area contributed by atoms with E-state index in [9.17, 15) is 9.59 Å². The van der Waals surface area contributed by atoms with Crippen LogP contribution in [-0.4, -0.2) is 31.8 Å². The standard InChI is InChI=1S/C21H24N4O2/c1-3-16(2)24(15-17-9-5-4-6-10-17)20(26)13-14-25-21(27)18-11-7-8-12-19(18)22-23-25/h4-12,16H,3,13-15H2,1-2H3. The van der Waals surface area contributed by atoms with Gasteiger partial charge in [0.1, 0.15) is 5.52 Å². The van der Waals surface area contributed by atoms with Crippen molar-refractivity contribution >= 4 is 16.8 Å². The van der Waals surface area contributed by atoms with E-state index in [1.165, 1.54) is 4.68 Å². The van der Waals surface area contributed by atoms with Gasteiger partial charge in [0.15, 0.2) is 0 Å². The average molecular weight is 364 g/mol. The zero-order valence-electron chi connectivity index (χ0n) is 15.7. The van der Waals surface area contributed by atoms with Gasteiger partial charge in [-0.3, -0.25) is 9.59 Å². The van der Waals surface area contributed by atoms with E-state index in [0.717, 1.165) is 12.0 Å². The van der Waals surface area contributed by atoms with Crippen molar-refractivity contribution in [2.24, 2.45) is 0 Å². The van der Waals surface area contributed by atoms with E-state index in [4.69, 9.17) is 0 Å². The molecule has 1 atom stereocenters. The predicted molar refractivity (Wildman–Crippen MR) is 105 cm³/mol. The van der Waals surface area contributed by atoms with Crippen LogP contribution < -0.4 is 5.56 Å². The zero-order valence-corrected chi connectivity index (χ0v) is 15.7. The second-order valence-corrected chi connectivity index (χ2v) is 6.65. The maximum atomic E-state index is 12.9. The molecule has 6 heteroatoms. The Balaban J connectivity index is 1.74. The second kappa shape index (κ2) is 8.58. The van der Waals surface area contributed by atoms with Gasteiger partial charge in [0, 0.05) is 19.0 Å². The molecular formula is C21H24N4O2. The summed E-state index contributed by atoms with van der Waals surface area (Å²) in [5, 5.41) is 8.56. The molecule has 0 N–H and O–H groups in total. The van der Waals surface area contributed by atoms with Crippen LogP contribution in [-0.2, 0) is 17.9 Å². The lowest BCUT2D eigenvalue weighted by Gasteiger charge is -2.29. The van der Waals surface area contributed by atoms with Crippen molar-refractivity contribution in [2.75, 3.05) is 0 Å². The number of benzene rings is 2. The van der Waals surface area contributed by atoms with Gasteiger partial charge in [0.05, 0.1) is 11.9 Å². The summed E-state index contributed by atoms with van der Waals surface area (Å²) in [5.74, 6) is 0.00932. The highest BCUT2D eigenvalue weighted by molar-refractivity contribution is 5.77. The summed E-state index contributed by atoms with van der Waals surface area (Å²) in [5.41, 5.74) is 1.44. The van der Waals surface area contributed by atoms with Gasteiger partial charge in [-0.2, -0.15) is 0 Å². The van der Waals surface area contributed by atoms with Crippen molar-refractivity contribution in [3.05, 3.63) is 70.5 Å². The Morgan fingerprint density at radius 3 is 2.56 bits per heavy atom. The fraction of sp³-hybridized carbons (Fsp3) is 0.333. The van der Waals surface area contributed by atoms with E-state index in [2.05, 4.69) is 17.2 Å². The molecule has 2 aromatic carbocycles. The Morgan fingerprint density at radius 2 is 1.81 bits per heavy atom. The number of nitrogens with zero attached hydrogens (tertiary/aromatic N) is 4. The molecule has 27 heavy (non-hydrogen) atoms. The zero-order chi connectivity index (χ0) is 19.2. The average Bonchev–Trinajstić information content (AvgIpc) is 2.71. The highest BCUT2D eigenvalue weighted by Crippen LogP contribution is 2.13. The quantitative estimate of drug-likeness (QED) is 0.646. The molecule has 1 aromatic heterocycles. The minimum atomic E-state index is -0.216. The number of hydrogen-bond acceptors (Lipinski definition) is 4. The fourth-order valence-corrected chi connectivity index (χ4v) is 3.01. The van der Waals surface area contributed by atoms with Crippen LogP contribution in [0, 0.1) is 0 Å². The molecule has 6 nitrogen and oxygen atoms in total. The van der Waals surface area contributed by atoms with Crippen molar-refractivity contribution in [3.8, 4) is 0 Å². The number of carbonyl (C=O) groups is 1. The summed E-state index contributed by atoms with van der Waals surface area (Å²) in [6, 6.07) is 17.2. The molecule has 0 saturated heterocycles. The third-order valence-corrected chi connectivity index (χ3v) is 4.81. The summed E-state index contributed by atoms with van der Waals surface area (Å²) in [6.45, 7) is 4.89. The first-order valence-corrected chi connectivity index (χ1v) is 9.26. The van der Waals surface area contributed by atoms with Crippen LogP contribution in [0.1, 0.15) is 32.3 Å². The van der Waals surface area contributed by atoms with Crippen LogP contribution >= 0.6 is 0 Å². The lowest BCUT2D eigenvalue weighted by atomic mass is 10.1. The molecule has 0 radical (unpaired) electrons. The summed E-state index contributed by atoms with van der Waals surface area (Å²) >= 11 is 0. The van der Waals surface area contributed by atoms with Gasteiger partial charge in [-0.05, 0) is 31.0 Å². The number of rotatable bonds is 7. The molecule has 0 spiro atoms. The topological polar surface area (TPSA) is 68.1 Å². The minimum absolute atomic E-state index is 0.00932. The van der Waals surface area contributed by atoms with Crippen LogP contribution in [0.4, 0.5) is 0 Å². The van der Waals surface area contributed by atoms with E-state index in [1.807, 2.05) is 48.2 Å². The monoisotopic (exact) mass is 364 g/mol. The molecule has 0 bridgehead atoms. The van der Waals surface area contributed by atoms with Crippen molar-refractivity contribution in [2.45, 2.75) is 45.8 Å². The molecule has 0 saturated carbocycles. The Labute approximate surface area is 158 Å². The van der Waals surface area contributed by atoms with E-state index < -0.39 is 0 Å². The molecular weight excluding hydrogens is 340 g/mol. The van der Waals surface area contributed by atoms with Gasteiger partial charge in [0.25, 0.3) is 5.56 Å². The third kappa shape index (κ3) is 4.39. The molecule has 1 unspecified atom stereocenters. The molecule has 1 heterocycles. The SMILES string of the molecule is CCC(C)N(Cc1ccccc1)C(=O)CCn1nnc2ccccc2c1=O. The first-order valence-electron chi connectivity index (χ1n) is 9.26. The summed E-state index contributed by atoms with van der Waals surface area (Å²) in [7, 11) is 0. The largest absolute Gasteiger partial charge is 0.336 e. The number of aryl methyl sites for hydroxylation is 1. The summed E-state index contributed by atoms with van der Waals surface area (Å²) in [4.78, 5) is 27.3. The number of amides is 1. The van der Waals surface area contributed by atoms with E-state index >= 15 is 0 Å². The normalized spacial score (nSPS) is 12.1. The predicted octanol–water partition coefficient (Wildman–Crippen LogP) is 3.01. The van der Waals surface area contributed by atoms with Crippen molar-refractivity contribution in [1.29, 1.82) is 0 Å². The smallest absolute Gasteiger partial charge is 0.277 e. The van der Waals surface area contributed by atoms with Crippen LogP contribution in [0.25, 0.3) is 10.9 Å². The maximum Gasteiger partial charge on any atom is 0.277 e. The highest BCUT2D eigenvalue weighted by Gasteiger charge is 2.19. The fourth-order valence-electron chi connectivity index (χ4n) is 3.01. The first kappa shape index (κ1) is 18.8. The van der Waals surface area contributed by atoms with Crippen molar-refractivity contribution in [1.82, 2.24) is 19.9 Å². The lowest BCUT2D eigenvalue weighted by Crippen LogP contribution is -2.38. The van der Waals surface area contributed by atoms with Crippen LogP contribution in [0.3, 0.4) is 0 Å². The van der Waals surface area contributed by atoms with Gasteiger partial charge in [-0.15, -0.1) is 5.10 Å². The van der Waals surface area contributed by atoms with Crippen LogP contribution in [0.2, 0.25) is 0 Å². The number of hydrogen-bond donors (Lipinski definition) is 0. The second-order valence-electron chi connectivity index (χ2n) is 6.65. The Kier molecular flexibility index (Phi) is 5.96. The van der Waals surface area contributed by atoms with Crippen LogP contribution in [0.15, 0.2) is 59.4 Å². The van der Waals surface area contributed by atoms with Crippen LogP contribution in [0.5, 0.6) is 0 Å². The molecule has 0 fully saturated rings. The molecule has 0 aliphatic carbocycles. The molecule has 3 aromatic rings. The Hall–Kier alpha value is -3.02. The number of aromatic nitrogens is 3. The molecule has 0 aliphatic rings. The van der Waals surface area contributed by atoms with Crippen molar-refractivity contribution in [3.63, 3.8) is 0 Å². The molecule has 1 amide bonds. The number of carbonyl (C=O) groups excluding carboxylic acids is 1. The van der Waals surface area contributed by atoms with Crippen molar-refractivity contribution < 1.29 is 4.79 Å². The van der Waals surface area contributed by atoms with E-state index in [1.54, 1.807) is 18.2 Å². The molecule has 140 valence electrons.